The van der Waals surface area contributed by atoms with E-state index >= 15 is 0 Å². The molecule has 2 saturated carbocycles. The summed E-state index contributed by atoms with van der Waals surface area (Å²) in [6.07, 6.45) is 3.10. The Labute approximate surface area is 84.1 Å². The molecule has 0 saturated heterocycles. The fourth-order valence-electron chi connectivity index (χ4n) is 1.56. The van der Waals surface area contributed by atoms with E-state index in [0.717, 1.165) is 12.8 Å². The van der Waals surface area contributed by atoms with E-state index < -0.39 is 10.2 Å². The number of aliphatic hydroxyl groups excluding tert-OH is 1. The minimum atomic E-state index is -3.29. The molecule has 0 aromatic carbocycles. The first-order chi connectivity index (χ1) is 6.55. The van der Waals surface area contributed by atoms with Gasteiger partial charge in [0.2, 0.25) is 0 Å². The fraction of sp³-hybridized carbons (Fsp3) is 1.00. The van der Waals surface area contributed by atoms with Gasteiger partial charge in [-0.2, -0.15) is 13.1 Å². The molecule has 6 heteroatoms. The lowest BCUT2D eigenvalue weighted by Gasteiger charge is -2.31. The molecule has 0 aromatic rings. The molecule has 0 radical (unpaired) electrons. The Morgan fingerprint density at radius 2 is 1.93 bits per heavy atom. The molecule has 0 heterocycles. The molecule has 2 rings (SSSR count). The van der Waals surface area contributed by atoms with Gasteiger partial charge in [-0.1, -0.05) is 0 Å². The van der Waals surface area contributed by atoms with Gasteiger partial charge in [-0.15, -0.1) is 0 Å². The normalized spacial score (nSPS) is 32.6. The van der Waals surface area contributed by atoms with Crippen LogP contribution in [-0.4, -0.2) is 32.2 Å². The summed E-state index contributed by atoms with van der Waals surface area (Å²) in [5.74, 6) is 0.306. The number of nitrogens with one attached hydrogen (secondary N) is 2. The highest BCUT2D eigenvalue weighted by molar-refractivity contribution is 7.87. The molecular weight excluding hydrogens is 204 g/mol. The molecule has 5 nitrogen and oxygen atoms in total. The van der Waals surface area contributed by atoms with Crippen molar-refractivity contribution in [3.8, 4) is 0 Å². The van der Waals surface area contributed by atoms with E-state index in [-0.39, 0.29) is 12.1 Å². The van der Waals surface area contributed by atoms with Gasteiger partial charge in [0.15, 0.2) is 0 Å². The number of rotatable bonds is 5. The van der Waals surface area contributed by atoms with Gasteiger partial charge < -0.3 is 5.11 Å². The van der Waals surface area contributed by atoms with E-state index in [1.165, 1.54) is 0 Å². The number of hydrogen-bond donors (Lipinski definition) is 3. The van der Waals surface area contributed by atoms with Crippen molar-refractivity contribution >= 4 is 10.2 Å². The van der Waals surface area contributed by atoms with Gasteiger partial charge in [-0.05, 0) is 31.6 Å². The van der Waals surface area contributed by atoms with Crippen molar-refractivity contribution in [1.29, 1.82) is 0 Å². The zero-order valence-corrected chi connectivity index (χ0v) is 8.76. The molecule has 2 aliphatic rings. The van der Waals surface area contributed by atoms with E-state index in [4.69, 9.17) is 5.11 Å². The number of hydrogen-bond acceptors (Lipinski definition) is 3. The smallest absolute Gasteiger partial charge is 0.277 e. The van der Waals surface area contributed by atoms with Gasteiger partial charge in [0.1, 0.15) is 0 Å². The molecule has 3 N–H and O–H groups in total. The lowest BCUT2D eigenvalue weighted by atomic mass is 9.83. The molecule has 0 aromatic heterocycles. The third-order valence-electron chi connectivity index (χ3n) is 2.67. The predicted octanol–water partition coefficient (Wildman–Crippen LogP) is -0.656. The predicted molar refractivity (Wildman–Crippen MR) is 51.8 cm³/mol. The quantitative estimate of drug-likeness (QED) is 0.576. The molecule has 0 unspecified atom stereocenters. The molecule has 14 heavy (non-hydrogen) atoms. The van der Waals surface area contributed by atoms with Crippen LogP contribution in [0.25, 0.3) is 0 Å². The van der Waals surface area contributed by atoms with Crippen LogP contribution in [0.5, 0.6) is 0 Å². The van der Waals surface area contributed by atoms with E-state index in [2.05, 4.69) is 9.44 Å². The maximum atomic E-state index is 11.3. The van der Waals surface area contributed by atoms with Crippen molar-refractivity contribution in [1.82, 2.24) is 9.44 Å². The largest absolute Gasteiger partial charge is 0.393 e. The van der Waals surface area contributed by atoms with Crippen molar-refractivity contribution in [3.63, 3.8) is 0 Å². The van der Waals surface area contributed by atoms with Gasteiger partial charge in [0, 0.05) is 12.6 Å². The SMILES string of the molecule is O=S(=O)(NCC1CC(O)C1)NC1CC1. The maximum absolute atomic E-state index is 11.3. The summed E-state index contributed by atoms with van der Waals surface area (Å²) in [6.45, 7) is 0.444. The molecule has 0 aliphatic heterocycles. The van der Waals surface area contributed by atoms with Gasteiger partial charge >= 0.3 is 0 Å². The van der Waals surface area contributed by atoms with Crippen molar-refractivity contribution < 1.29 is 13.5 Å². The zero-order chi connectivity index (χ0) is 10.2. The van der Waals surface area contributed by atoms with Crippen LogP contribution in [0.3, 0.4) is 0 Å². The topological polar surface area (TPSA) is 78.4 Å². The van der Waals surface area contributed by atoms with Crippen molar-refractivity contribution in [2.45, 2.75) is 37.8 Å². The Morgan fingerprint density at radius 3 is 2.43 bits per heavy atom. The molecule has 0 spiro atoms. The van der Waals surface area contributed by atoms with Crippen molar-refractivity contribution in [2.24, 2.45) is 5.92 Å². The highest BCUT2D eigenvalue weighted by atomic mass is 32.2. The highest BCUT2D eigenvalue weighted by Gasteiger charge is 2.30. The molecule has 0 atom stereocenters. The first-order valence-electron chi connectivity index (χ1n) is 5.00. The van der Waals surface area contributed by atoms with Gasteiger partial charge in [-0.3, -0.25) is 0 Å². The minimum absolute atomic E-state index is 0.152. The summed E-state index contributed by atoms with van der Waals surface area (Å²) >= 11 is 0. The van der Waals surface area contributed by atoms with E-state index in [1.807, 2.05) is 0 Å². The average Bonchev–Trinajstić information content (AvgIpc) is 2.79. The molecular formula is C8H16N2O3S. The monoisotopic (exact) mass is 220 g/mol. The standard InChI is InChI=1S/C8H16N2O3S/c11-8-3-6(4-8)5-9-14(12,13)10-7-1-2-7/h6-11H,1-5H2. The van der Waals surface area contributed by atoms with Crippen LogP contribution >= 0.6 is 0 Å². The molecule has 0 bridgehead atoms. The van der Waals surface area contributed by atoms with Crippen LogP contribution in [0, 0.1) is 5.92 Å². The summed E-state index contributed by atoms with van der Waals surface area (Å²) in [6, 6.07) is 0.152. The number of aliphatic hydroxyl groups is 1. The van der Waals surface area contributed by atoms with Gasteiger partial charge in [0.05, 0.1) is 6.10 Å². The summed E-state index contributed by atoms with van der Waals surface area (Å²) in [7, 11) is -3.29. The zero-order valence-electron chi connectivity index (χ0n) is 7.94. The summed E-state index contributed by atoms with van der Waals surface area (Å²) in [4.78, 5) is 0. The highest BCUT2D eigenvalue weighted by Crippen LogP contribution is 2.26. The van der Waals surface area contributed by atoms with Gasteiger partial charge in [-0.25, -0.2) is 4.72 Å². The Hall–Kier alpha value is -0.170. The Balaban J connectivity index is 1.68. The summed E-state index contributed by atoms with van der Waals surface area (Å²) < 4.78 is 27.7. The molecule has 2 fully saturated rings. The van der Waals surface area contributed by atoms with Crippen LogP contribution in [0.2, 0.25) is 0 Å². The third kappa shape index (κ3) is 2.91. The second kappa shape index (κ2) is 3.77. The van der Waals surface area contributed by atoms with Crippen molar-refractivity contribution in [3.05, 3.63) is 0 Å². The van der Waals surface area contributed by atoms with E-state index in [9.17, 15) is 8.42 Å². The third-order valence-corrected chi connectivity index (χ3v) is 3.86. The second-order valence-electron chi connectivity index (χ2n) is 4.24. The molecule has 2 aliphatic carbocycles. The van der Waals surface area contributed by atoms with Crippen LogP contribution in [-0.2, 0) is 10.2 Å². The van der Waals surface area contributed by atoms with E-state index in [0.29, 0.717) is 25.3 Å². The fourth-order valence-corrected chi connectivity index (χ4v) is 2.77. The Morgan fingerprint density at radius 1 is 1.29 bits per heavy atom. The van der Waals surface area contributed by atoms with Gasteiger partial charge in [0.25, 0.3) is 10.2 Å². The minimum Gasteiger partial charge on any atom is -0.393 e. The molecule has 0 amide bonds. The van der Waals surface area contributed by atoms with Crippen LogP contribution in [0.15, 0.2) is 0 Å². The average molecular weight is 220 g/mol. The first-order valence-corrected chi connectivity index (χ1v) is 6.48. The summed E-state index contributed by atoms with van der Waals surface area (Å²) in [5.41, 5.74) is 0. The second-order valence-corrected chi connectivity index (χ2v) is 5.77. The van der Waals surface area contributed by atoms with Crippen LogP contribution < -0.4 is 9.44 Å². The molecule has 82 valence electrons. The van der Waals surface area contributed by atoms with Crippen LogP contribution in [0.4, 0.5) is 0 Å². The lowest BCUT2D eigenvalue weighted by molar-refractivity contribution is 0.0453. The summed E-state index contributed by atoms with van der Waals surface area (Å²) in [5, 5.41) is 9.01. The van der Waals surface area contributed by atoms with Crippen LogP contribution in [0.1, 0.15) is 25.7 Å². The van der Waals surface area contributed by atoms with E-state index in [1.54, 1.807) is 0 Å². The maximum Gasteiger partial charge on any atom is 0.277 e. The first kappa shape index (κ1) is 10.4. The Kier molecular flexibility index (Phi) is 2.79. The Bertz CT molecular complexity index is 294. The van der Waals surface area contributed by atoms with Crippen molar-refractivity contribution in [2.75, 3.05) is 6.54 Å². The lowest BCUT2D eigenvalue weighted by Crippen LogP contribution is -2.43.